The van der Waals surface area contributed by atoms with E-state index < -0.39 is 9.45 Å². The van der Waals surface area contributed by atoms with E-state index in [1.165, 1.54) is 0 Å². The normalized spacial score (nSPS) is 13.9. The Labute approximate surface area is 103 Å². The van der Waals surface area contributed by atoms with E-state index in [9.17, 15) is 0 Å². The minimum Gasteiger partial charge on any atom is -0.385 e. The predicted octanol–water partition coefficient (Wildman–Crippen LogP) is 2.68. The fraction of sp³-hybridized carbons (Fsp3) is 1.00. The van der Waals surface area contributed by atoms with E-state index in [1.807, 2.05) is 13.8 Å². The zero-order chi connectivity index (χ0) is 13.0. The van der Waals surface area contributed by atoms with Crippen LogP contribution in [0.15, 0.2) is 0 Å². The molecule has 0 aromatic carbocycles. The van der Waals surface area contributed by atoms with Crippen LogP contribution in [0.4, 0.5) is 0 Å². The van der Waals surface area contributed by atoms with Crippen molar-refractivity contribution in [2.75, 3.05) is 13.2 Å². The van der Waals surface area contributed by atoms with Crippen molar-refractivity contribution in [2.45, 2.75) is 66.5 Å². The van der Waals surface area contributed by atoms with E-state index in [2.05, 4.69) is 46.1 Å². The fourth-order valence-electron chi connectivity index (χ4n) is 2.12. The maximum absolute atomic E-state index is 5.84. The second-order valence-electron chi connectivity index (χ2n) is 5.93. The Bertz CT molecular complexity index is 176. The number of hydrogen-bond donors (Lipinski definition) is 0. The Morgan fingerprint density at radius 1 is 0.812 bits per heavy atom. The SMILES string of the molecule is CCO[SiH](OCC)N(C(C)(C)C)C(C)(C)C. The highest BCUT2D eigenvalue weighted by molar-refractivity contribution is 6.41. The average molecular weight is 247 g/mol. The van der Waals surface area contributed by atoms with Crippen LogP contribution < -0.4 is 0 Å². The second-order valence-corrected chi connectivity index (χ2v) is 7.73. The smallest absolute Gasteiger partial charge is 0.385 e. The number of hydrogen-bond acceptors (Lipinski definition) is 3. The lowest BCUT2D eigenvalue weighted by atomic mass is 10.0. The lowest BCUT2D eigenvalue weighted by Crippen LogP contribution is -2.62. The summed E-state index contributed by atoms with van der Waals surface area (Å²) in [5, 5.41) is 0. The molecule has 3 nitrogen and oxygen atoms in total. The third kappa shape index (κ3) is 4.95. The Hall–Kier alpha value is 0.0969. The van der Waals surface area contributed by atoms with Gasteiger partial charge in [0.1, 0.15) is 0 Å². The van der Waals surface area contributed by atoms with Crippen molar-refractivity contribution < 1.29 is 8.85 Å². The Morgan fingerprint density at radius 3 is 1.31 bits per heavy atom. The summed E-state index contributed by atoms with van der Waals surface area (Å²) in [6.07, 6.45) is 0. The molecule has 0 atom stereocenters. The van der Waals surface area contributed by atoms with Gasteiger partial charge in [-0.2, -0.15) is 0 Å². The van der Waals surface area contributed by atoms with E-state index in [0.717, 1.165) is 13.2 Å². The van der Waals surface area contributed by atoms with Crippen LogP contribution in [-0.4, -0.2) is 38.3 Å². The molecule has 0 aliphatic rings. The van der Waals surface area contributed by atoms with Crippen LogP contribution in [0.5, 0.6) is 0 Å². The van der Waals surface area contributed by atoms with Gasteiger partial charge >= 0.3 is 9.45 Å². The van der Waals surface area contributed by atoms with Gasteiger partial charge in [-0.25, -0.2) is 0 Å². The van der Waals surface area contributed by atoms with Gasteiger partial charge in [-0.15, -0.1) is 0 Å². The van der Waals surface area contributed by atoms with Gasteiger partial charge in [0.15, 0.2) is 0 Å². The predicted molar refractivity (Wildman–Crippen MR) is 71.7 cm³/mol. The molecule has 0 heterocycles. The summed E-state index contributed by atoms with van der Waals surface area (Å²) >= 11 is 0. The van der Waals surface area contributed by atoms with Crippen LogP contribution >= 0.6 is 0 Å². The molecule has 16 heavy (non-hydrogen) atoms. The van der Waals surface area contributed by atoms with Gasteiger partial charge < -0.3 is 8.85 Å². The highest BCUT2D eigenvalue weighted by atomic mass is 28.3. The zero-order valence-electron chi connectivity index (χ0n) is 12.3. The molecule has 4 heteroatoms. The molecule has 0 aromatic heterocycles. The van der Waals surface area contributed by atoms with Crippen molar-refractivity contribution in [3.05, 3.63) is 0 Å². The molecule has 0 unspecified atom stereocenters. The number of rotatable bonds is 5. The van der Waals surface area contributed by atoms with Crippen LogP contribution in [0.1, 0.15) is 55.4 Å². The maximum Gasteiger partial charge on any atom is 0.411 e. The summed E-state index contributed by atoms with van der Waals surface area (Å²) < 4.78 is 14.1. The van der Waals surface area contributed by atoms with Gasteiger partial charge in [-0.1, -0.05) is 0 Å². The first-order valence-electron chi connectivity index (χ1n) is 6.17. The van der Waals surface area contributed by atoms with E-state index in [-0.39, 0.29) is 11.1 Å². The Kier molecular flexibility index (Phi) is 6.18. The van der Waals surface area contributed by atoms with Crippen LogP contribution in [0.3, 0.4) is 0 Å². The first-order valence-corrected chi connectivity index (χ1v) is 7.63. The third-order valence-corrected chi connectivity index (χ3v) is 5.48. The van der Waals surface area contributed by atoms with Crippen molar-refractivity contribution >= 4 is 9.45 Å². The topological polar surface area (TPSA) is 21.7 Å². The van der Waals surface area contributed by atoms with Gasteiger partial charge in [0.05, 0.1) is 0 Å². The lowest BCUT2D eigenvalue weighted by Gasteiger charge is -2.47. The minimum atomic E-state index is -1.77. The molecule has 0 rings (SSSR count). The third-order valence-electron chi connectivity index (χ3n) is 2.27. The first-order chi connectivity index (χ1) is 7.14. The Morgan fingerprint density at radius 2 is 1.12 bits per heavy atom. The van der Waals surface area contributed by atoms with Gasteiger partial charge in [0, 0.05) is 24.3 Å². The van der Waals surface area contributed by atoms with E-state index in [1.54, 1.807) is 0 Å². The molecular formula is C12H29NO2Si. The number of nitrogens with zero attached hydrogens (tertiary/aromatic N) is 1. The molecule has 0 aliphatic carbocycles. The highest BCUT2D eigenvalue weighted by Gasteiger charge is 2.40. The molecule has 0 aromatic rings. The summed E-state index contributed by atoms with van der Waals surface area (Å²) in [5.41, 5.74) is 0.138. The van der Waals surface area contributed by atoms with Gasteiger partial charge in [-0.3, -0.25) is 4.57 Å². The largest absolute Gasteiger partial charge is 0.411 e. The van der Waals surface area contributed by atoms with Crippen molar-refractivity contribution in [2.24, 2.45) is 0 Å². The summed E-state index contributed by atoms with van der Waals surface area (Å²) in [7, 11) is -1.77. The van der Waals surface area contributed by atoms with E-state index in [4.69, 9.17) is 8.85 Å². The zero-order valence-corrected chi connectivity index (χ0v) is 13.4. The van der Waals surface area contributed by atoms with Crippen molar-refractivity contribution in [3.8, 4) is 0 Å². The molecule has 0 N–H and O–H groups in total. The minimum absolute atomic E-state index is 0.0689. The second kappa shape index (κ2) is 6.14. The standard InChI is InChI=1S/C12H29NO2Si/c1-9-14-16(15-10-2)13(11(3,4)5)12(6,7)8/h16H,9-10H2,1-8H3. The van der Waals surface area contributed by atoms with E-state index >= 15 is 0 Å². The average Bonchev–Trinajstić information content (AvgIpc) is 1.99. The molecule has 0 bridgehead atoms. The van der Waals surface area contributed by atoms with Gasteiger partial charge in [0.25, 0.3) is 0 Å². The van der Waals surface area contributed by atoms with Crippen LogP contribution in [-0.2, 0) is 8.85 Å². The maximum atomic E-state index is 5.84. The van der Waals surface area contributed by atoms with Gasteiger partial charge in [-0.05, 0) is 55.4 Å². The molecule has 0 aliphatic heterocycles. The van der Waals surface area contributed by atoms with Crippen molar-refractivity contribution in [1.82, 2.24) is 4.57 Å². The van der Waals surface area contributed by atoms with Crippen molar-refractivity contribution in [3.63, 3.8) is 0 Å². The highest BCUT2D eigenvalue weighted by Crippen LogP contribution is 2.26. The van der Waals surface area contributed by atoms with Crippen LogP contribution in [0.2, 0.25) is 0 Å². The molecule has 0 amide bonds. The quantitative estimate of drug-likeness (QED) is 0.697. The molecule has 0 saturated heterocycles. The Balaban J connectivity index is 4.97. The molecule has 0 radical (unpaired) electrons. The van der Waals surface area contributed by atoms with Crippen molar-refractivity contribution in [1.29, 1.82) is 0 Å². The monoisotopic (exact) mass is 247 g/mol. The summed E-state index contributed by atoms with van der Waals surface area (Å²) in [6, 6.07) is 0. The summed E-state index contributed by atoms with van der Waals surface area (Å²) in [5.74, 6) is 0. The summed E-state index contributed by atoms with van der Waals surface area (Å²) in [4.78, 5) is 0. The van der Waals surface area contributed by atoms with Crippen LogP contribution in [0, 0.1) is 0 Å². The van der Waals surface area contributed by atoms with Crippen LogP contribution in [0.25, 0.3) is 0 Å². The first kappa shape index (κ1) is 16.1. The fourth-order valence-corrected chi connectivity index (χ4v) is 4.35. The van der Waals surface area contributed by atoms with Gasteiger partial charge in [0.2, 0.25) is 0 Å². The molecule has 0 saturated carbocycles. The molecule has 0 fully saturated rings. The molecule has 0 spiro atoms. The lowest BCUT2D eigenvalue weighted by molar-refractivity contribution is 0.0507. The van der Waals surface area contributed by atoms with E-state index in [0.29, 0.717) is 0 Å². The molecular weight excluding hydrogens is 218 g/mol. The molecule has 98 valence electrons. The summed E-state index contributed by atoms with van der Waals surface area (Å²) in [6.45, 7) is 18.8.